The van der Waals surface area contributed by atoms with Gasteiger partial charge in [-0.3, -0.25) is 10.1 Å². The molecule has 0 spiro atoms. The number of para-hydroxylation sites is 1. The predicted octanol–water partition coefficient (Wildman–Crippen LogP) is 1.15. The molecular formula is C12H18N2O4S. The van der Waals surface area contributed by atoms with Gasteiger partial charge in [-0.25, -0.2) is 8.42 Å². The van der Waals surface area contributed by atoms with Gasteiger partial charge in [-0.15, -0.1) is 0 Å². The van der Waals surface area contributed by atoms with Gasteiger partial charge < -0.3 is 5.73 Å². The van der Waals surface area contributed by atoms with Crippen molar-refractivity contribution in [2.45, 2.75) is 13.3 Å². The summed E-state index contributed by atoms with van der Waals surface area (Å²) in [5.41, 5.74) is 5.80. The summed E-state index contributed by atoms with van der Waals surface area (Å²) >= 11 is 0. The van der Waals surface area contributed by atoms with Crippen LogP contribution in [0.1, 0.15) is 12.5 Å². The number of sulfone groups is 1. The van der Waals surface area contributed by atoms with Crippen LogP contribution in [0.25, 0.3) is 0 Å². The molecule has 0 saturated carbocycles. The quantitative estimate of drug-likeness (QED) is 0.598. The Labute approximate surface area is 112 Å². The van der Waals surface area contributed by atoms with Gasteiger partial charge in [0, 0.05) is 11.6 Å². The van der Waals surface area contributed by atoms with Gasteiger partial charge in [0.2, 0.25) is 0 Å². The normalized spacial score (nSPS) is 13.2. The Hall–Kier alpha value is -1.47. The smallest absolute Gasteiger partial charge is 0.272 e. The first-order valence-electron chi connectivity index (χ1n) is 5.98. The van der Waals surface area contributed by atoms with Crippen molar-refractivity contribution in [3.63, 3.8) is 0 Å². The van der Waals surface area contributed by atoms with Crippen molar-refractivity contribution in [3.05, 3.63) is 39.9 Å². The zero-order valence-electron chi connectivity index (χ0n) is 10.8. The van der Waals surface area contributed by atoms with Crippen LogP contribution in [-0.4, -0.2) is 31.4 Å². The third-order valence-electron chi connectivity index (χ3n) is 2.81. The second-order valence-electron chi connectivity index (χ2n) is 4.59. The summed E-state index contributed by atoms with van der Waals surface area (Å²) in [6.45, 7) is 2.08. The maximum absolute atomic E-state index is 11.8. The Bertz CT molecular complexity index is 542. The first-order valence-corrected chi connectivity index (χ1v) is 7.80. The van der Waals surface area contributed by atoms with Crippen LogP contribution in [0.15, 0.2) is 24.3 Å². The molecule has 0 amide bonds. The van der Waals surface area contributed by atoms with Crippen molar-refractivity contribution in [2.75, 3.05) is 18.1 Å². The molecule has 1 aromatic rings. The lowest BCUT2D eigenvalue weighted by molar-refractivity contribution is -0.385. The van der Waals surface area contributed by atoms with Gasteiger partial charge in [0.05, 0.1) is 16.4 Å². The molecule has 0 aromatic heterocycles. The van der Waals surface area contributed by atoms with Crippen LogP contribution in [-0.2, 0) is 16.3 Å². The molecule has 1 aromatic carbocycles. The number of nitrogens with two attached hydrogens (primary N) is 1. The molecule has 0 saturated heterocycles. The third kappa shape index (κ3) is 4.96. The van der Waals surface area contributed by atoms with Gasteiger partial charge in [-0.05, 0) is 18.9 Å². The monoisotopic (exact) mass is 286 g/mol. The molecule has 0 aliphatic carbocycles. The number of hydrogen-bond donors (Lipinski definition) is 1. The summed E-state index contributed by atoms with van der Waals surface area (Å²) in [5, 5.41) is 10.8. The highest BCUT2D eigenvalue weighted by Gasteiger charge is 2.18. The maximum Gasteiger partial charge on any atom is 0.272 e. The fraction of sp³-hybridized carbons (Fsp3) is 0.500. The zero-order chi connectivity index (χ0) is 14.5. The molecule has 19 heavy (non-hydrogen) atoms. The Morgan fingerprint density at radius 2 is 2.00 bits per heavy atom. The number of benzene rings is 1. The molecule has 7 heteroatoms. The van der Waals surface area contributed by atoms with Gasteiger partial charge in [0.1, 0.15) is 0 Å². The molecule has 0 fully saturated rings. The predicted molar refractivity (Wildman–Crippen MR) is 73.7 cm³/mol. The first-order chi connectivity index (χ1) is 8.85. The molecule has 6 nitrogen and oxygen atoms in total. The molecular weight excluding hydrogens is 268 g/mol. The topological polar surface area (TPSA) is 103 Å². The van der Waals surface area contributed by atoms with E-state index in [2.05, 4.69) is 0 Å². The van der Waals surface area contributed by atoms with E-state index in [4.69, 9.17) is 5.73 Å². The SMILES string of the molecule is CC(CN)CS(=O)(=O)CCc1ccccc1[N+](=O)[O-]. The van der Waals surface area contributed by atoms with Crippen LogP contribution in [0.2, 0.25) is 0 Å². The molecule has 2 N–H and O–H groups in total. The van der Waals surface area contributed by atoms with E-state index in [9.17, 15) is 18.5 Å². The van der Waals surface area contributed by atoms with E-state index in [-0.39, 0.29) is 29.5 Å². The lowest BCUT2D eigenvalue weighted by Crippen LogP contribution is -2.23. The summed E-state index contributed by atoms with van der Waals surface area (Å²) < 4.78 is 23.7. The second-order valence-corrected chi connectivity index (χ2v) is 6.82. The summed E-state index contributed by atoms with van der Waals surface area (Å²) in [6, 6.07) is 6.19. The van der Waals surface area contributed by atoms with Crippen molar-refractivity contribution in [2.24, 2.45) is 11.7 Å². The second kappa shape index (κ2) is 6.63. The number of hydrogen-bond acceptors (Lipinski definition) is 5. The third-order valence-corrected chi connectivity index (χ3v) is 4.71. The van der Waals surface area contributed by atoms with Crippen LogP contribution >= 0.6 is 0 Å². The van der Waals surface area contributed by atoms with Crippen molar-refractivity contribution in [1.82, 2.24) is 0 Å². The lowest BCUT2D eigenvalue weighted by Gasteiger charge is -2.09. The molecule has 1 unspecified atom stereocenters. The first kappa shape index (κ1) is 15.6. The number of rotatable bonds is 7. The zero-order valence-corrected chi connectivity index (χ0v) is 11.6. The van der Waals surface area contributed by atoms with Gasteiger partial charge >= 0.3 is 0 Å². The maximum atomic E-state index is 11.8. The Morgan fingerprint density at radius 1 is 1.37 bits per heavy atom. The van der Waals surface area contributed by atoms with E-state index < -0.39 is 14.8 Å². The van der Waals surface area contributed by atoms with E-state index in [1.54, 1.807) is 25.1 Å². The Morgan fingerprint density at radius 3 is 2.58 bits per heavy atom. The van der Waals surface area contributed by atoms with Crippen molar-refractivity contribution >= 4 is 15.5 Å². The van der Waals surface area contributed by atoms with E-state index in [1.807, 2.05) is 0 Å². The fourth-order valence-corrected chi connectivity index (χ4v) is 3.45. The van der Waals surface area contributed by atoms with E-state index >= 15 is 0 Å². The van der Waals surface area contributed by atoms with Crippen molar-refractivity contribution < 1.29 is 13.3 Å². The molecule has 0 heterocycles. The molecule has 0 aliphatic rings. The highest BCUT2D eigenvalue weighted by Crippen LogP contribution is 2.18. The number of nitrogens with zero attached hydrogens (tertiary/aromatic N) is 1. The highest BCUT2D eigenvalue weighted by molar-refractivity contribution is 7.91. The van der Waals surface area contributed by atoms with Crippen LogP contribution in [0.3, 0.4) is 0 Å². The highest BCUT2D eigenvalue weighted by atomic mass is 32.2. The summed E-state index contributed by atoms with van der Waals surface area (Å²) in [4.78, 5) is 10.3. The summed E-state index contributed by atoms with van der Waals surface area (Å²) in [7, 11) is -3.24. The minimum atomic E-state index is -3.24. The molecule has 1 atom stereocenters. The lowest BCUT2D eigenvalue weighted by atomic mass is 10.1. The molecule has 0 aliphatic heterocycles. The average Bonchev–Trinajstić information content (AvgIpc) is 2.36. The molecule has 106 valence electrons. The Balaban J connectivity index is 2.74. The fourth-order valence-electron chi connectivity index (χ4n) is 1.75. The van der Waals surface area contributed by atoms with Crippen LogP contribution in [0.4, 0.5) is 5.69 Å². The van der Waals surface area contributed by atoms with E-state index in [0.717, 1.165) is 0 Å². The average molecular weight is 286 g/mol. The van der Waals surface area contributed by atoms with Gasteiger partial charge in [-0.2, -0.15) is 0 Å². The minimum absolute atomic E-state index is 0.0180. The number of nitro groups is 1. The van der Waals surface area contributed by atoms with Crippen molar-refractivity contribution in [3.8, 4) is 0 Å². The van der Waals surface area contributed by atoms with E-state index in [0.29, 0.717) is 12.1 Å². The van der Waals surface area contributed by atoms with Gasteiger partial charge in [0.25, 0.3) is 5.69 Å². The van der Waals surface area contributed by atoms with Crippen LogP contribution in [0, 0.1) is 16.0 Å². The molecule has 0 radical (unpaired) electrons. The number of aryl methyl sites for hydroxylation is 1. The van der Waals surface area contributed by atoms with Gasteiger partial charge in [-0.1, -0.05) is 25.1 Å². The van der Waals surface area contributed by atoms with Crippen LogP contribution in [0.5, 0.6) is 0 Å². The van der Waals surface area contributed by atoms with E-state index in [1.165, 1.54) is 6.07 Å². The van der Waals surface area contributed by atoms with Crippen LogP contribution < -0.4 is 5.73 Å². The molecule has 1 rings (SSSR count). The summed E-state index contributed by atoms with van der Waals surface area (Å²) in [5.74, 6) is -0.178. The summed E-state index contributed by atoms with van der Waals surface area (Å²) in [6.07, 6.45) is 0.150. The standard InChI is InChI=1S/C12H18N2O4S/c1-10(8-13)9-19(17,18)7-6-11-4-2-3-5-12(11)14(15)16/h2-5,10H,6-9,13H2,1H3. The largest absolute Gasteiger partial charge is 0.330 e. The molecule has 0 bridgehead atoms. The van der Waals surface area contributed by atoms with Gasteiger partial charge in [0.15, 0.2) is 9.84 Å². The minimum Gasteiger partial charge on any atom is -0.330 e. The van der Waals surface area contributed by atoms with Crippen molar-refractivity contribution in [1.29, 1.82) is 0 Å². The Kier molecular flexibility index (Phi) is 5.44. The number of nitro benzene ring substituents is 1.